The van der Waals surface area contributed by atoms with Crippen LogP contribution in [-0.2, 0) is 11.2 Å². The first kappa shape index (κ1) is 17.7. The molecule has 0 saturated heterocycles. The van der Waals surface area contributed by atoms with Crippen LogP contribution < -0.4 is 11.1 Å². The lowest BCUT2D eigenvalue weighted by Gasteiger charge is -2.20. The number of benzene rings is 1. The Kier molecular flexibility index (Phi) is 8.76. The molecule has 0 bridgehead atoms. The average molecular weight is 290 g/mol. The maximum atomic E-state index is 12.2. The number of nitrogens with one attached hydrogen (secondary N) is 1. The Hall–Kier alpha value is -1.35. The van der Waals surface area contributed by atoms with Crippen molar-refractivity contribution in [2.45, 2.75) is 70.9 Å². The highest BCUT2D eigenvalue weighted by Crippen LogP contribution is 2.08. The fraction of sp³-hybridized carbons (Fsp3) is 0.611. The van der Waals surface area contributed by atoms with Crippen molar-refractivity contribution in [2.75, 3.05) is 0 Å². The number of amides is 1. The fourth-order valence-corrected chi connectivity index (χ4v) is 2.49. The van der Waals surface area contributed by atoms with Crippen LogP contribution in [0.5, 0.6) is 0 Å². The third-order valence-electron chi connectivity index (χ3n) is 3.81. The van der Waals surface area contributed by atoms with Crippen molar-refractivity contribution in [1.29, 1.82) is 0 Å². The van der Waals surface area contributed by atoms with E-state index in [0.717, 1.165) is 38.5 Å². The molecule has 0 fully saturated rings. The van der Waals surface area contributed by atoms with E-state index in [1.807, 2.05) is 18.2 Å². The van der Waals surface area contributed by atoms with Crippen molar-refractivity contribution in [3.05, 3.63) is 35.9 Å². The highest BCUT2D eigenvalue weighted by Gasteiger charge is 2.17. The van der Waals surface area contributed by atoms with Gasteiger partial charge in [0.1, 0.15) is 0 Å². The monoisotopic (exact) mass is 290 g/mol. The van der Waals surface area contributed by atoms with Gasteiger partial charge in [0.2, 0.25) is 5.91 Å². The minimum atomic E-state index is -0.411. The summed E-state index contributed by atoms with van der Waals surface area (Å²) >= 11 is 0. The molecule has 1 rings (SSSR count). The molecule has 0 spiro atoms. The molecule has 1 unspecified atom stereocenters. The SMILES string of the molecule is CCCCC(CCC)NC(=O)[C@@H](N)CCc1ccccc1. The molecule has 0 heterocycles. The van der Waals surface area contributed by atoms with E-state index in [1.54, 1.807) is 0 Å². The van der Waals surface area contributed by atoms with Crippen LogP contribution >= 0.6 is 0 Å². The molecule has 0 aliphatic rings. The fourth-order valence-electron chi connectivity index (χ4n) is 2.49. The summed E-state index contributed by atoms with van der Waals surface area (Å²) in [6.07, 6.45) is 7.05. The molecule has 118 valence electrons. The summed E-state index contributed by atoms with van der Waals surface area (Å²) in [4.78, 5) is 12.2. The Balaban J connectivity index is 2.37. The largest absolute Gasteiger partial charge is 0.352 e. The molecule has 1 amide bonds. The molecule has 0 radical (unpaired) electrons. The molecule has 3 N–H and O–H groups in total. The van der Waals surface area contributed by atoms with Crippen molar-refractivity contribution in [3.63, 3.8) is 0 Å². The smallest absolute Gasteiger partial charge is 0.237 e. The van der Waals surface area contributed by atoms with Gasteiger partial charge >= 0.3 is 0 Å². The van der Waals surface area contributed by atoms with Crippen molar-refractivity contribution in [1.82, 2.24) is 5.32 Å². The summed E-state index contributed by atoms with van der Waals surface area (Å²) in [6, 6.07) is 10.1. The molecule has 0 aromatic heterocycles. The Labute approximate surface area is 129 Å². The predicted octanol–water partition coefficient (Wildman–Crippen LogP) is 3.42. The van der Waals surface area contributed by atoms with Gasteiger partial charge in [0.15, 0.2) is 0 Å². The van der Waals surface area contributed by atoms with Gasteiger partial charge in [-0.25, -0.2) is 0 Å². The average Bonchev–Trinajstić information content (AvgIpc) is 2.51. The van der Waals surface area contributed by atoms with Crippen molar-refractivity contribution in [2.24, 2.45) is 5.73 Å². The van der Waals surface area contributed by atoms with E-state index in [4.69, 9.17) is 5.73 Å². The summed E-state index contributed by atoms with van der Waals surface area (Å²) < 4.78 is 0. The second kappa shape index (κ2) is 10.4. The Bertz CT molecular complexity index is 391. The first-order chi connectivity index (χ1) is 10.2. The third-order valence-corrected chi connectivity index (χ3v) is 3.81. The summed E-state index contributed by atoms with van der Waals surface area (Å²) in [5.74, 6) is 0.000448. The van der Waals surface area contributed by atoms with Gasteiger partial charge in [0.25, 0.3) is 0 Å². The van der Waals surface area contributed by atoms with Crippen LogP contribution in [0.25, 0.3) is 0 Å². The lowest BCUT2D eigenvalue weighted by molar-refractivity contribution is -0.123. The minimum Gasteiger partial charge on any atom is -0.352 e. The number of aryl methyl sites for hydroxylation is 1. The van der Waals surface area contributed by atoms with Gasteiger partial charge in [0, 0.05) is 6.04 Å². The summed E-state index contributed by atoms with van der Waals surface area (Å²) in [5, 5.41) is 3.12. The first-order valence-corrected chi connectivity index (χ1v) is 8.27. The summed E-state index contributed by atoms with van der Waals surface area (Å²) in [7, 11) is 0. The zero-order chi connectivity index (χ0) is 15.5. The van der Waals surface area contributed by atoms with Crippen LogP contribution in [0, 0.1) is 0 Å². The number of carbonyl (C=O) groups excluding carboxylic acids is 1. The molecular weight excluding hydrogens is 260 g/mol. The number of hydrogen-bond donors (Lipinski definition) is 2. The summed E-state index contributed by atoms with van der Waals surface area (Å²) in [5.41, 5.74) is 7.26. The first-order valence-electron chi connectivity index (χ1n) is 8.27. The molecule has 1 aromatic carbocycles. The van der Waals surface area contributed by atoms with Gasteiger partial charge in [-0.3, -0.25) is 4.79 Å². The van der Waals surface area contributed by atoms with Crippen LogP contribution in [0.15, 0.2) is 30.3 Å². The molecular formula is C18H30N2O. The quantitative estimate of drug-likeness (QED) is 0.693. The lowest BCUT2D eigenvalue weighted by atomic mass is 10.0. The van der Waals surface area contributed by atoms with Crippen molar-refractivity contribution < 1.29 is 4.79 Å². The zero-order valence-electron chi connectivity index (χ0n) is 13.5. The van der Waals surface area contributed by atoms with E-state index in [2.05, 4.69) is 31.3 Å². The van der Waals surface area contributed by atoms with Gasteiger partial charge in [-0.15, -0.1) is 0 Å². The lowest BCUT2D eigenvalue weighted by Crippen LogP contribution is -2.45. The Morgan fingerprint density at radius 3 is 2.43 bits per heavy atom. The highest BCUT2D eigenvalue weighted by molar-refractivity contribution is 5.81. The van der Waals surface area contributed by atoms with Crippen molar-refractivity contribution in [3.8, 4) is 0 Å². The second-order valence-corrected chi connectivity index (χ2v) is 5.77. The van der Waals surface area contributed by atoms with E-state index in [9.17, 15) is 4.79 Å². The predicted molar refractivity (Wildman–Crippen MR) is 89.1 cm³/mol. The van der Waals surface area contributed by atoms with Crippen LogP contribution in [0.3, 0.4) is 0 Å². The third kappa shape index (κ3) is 7.28. The Morgan fingerprint density at radius 2 is 1.81 bits per heavy atom. The van der Waals surface area contributed by atoms with Crippen LogP contribution in [0.2, 0.25) is 0 Å². The number of hydrogen-bond acceptors (Lipinski definition) is 2. The normalized spacial score (nSPS) is 13.7. The van der Waals surface area contributed by atoms with Crippen LogP contribution in [0.4, 0.5) is 0 Å². The van der Waals surface area contributed by atoms with Gasteiger partial charge < -0.3 is 11.1 Å². The zero-order valence-corrected chi connectivity index (χ0v) is 13.5. The van der Waals surface area contributed by atoms with Crippen LogP contribution in [-0.4, -0.2) is 18.0 Å². The topological polar surface area (TPSA) is 55.1 Å². The molecule has 0 aliphatic carbocycles. The number of nitrogens with two attached hydrogens (primary N) is 1. The number of rotatable bonds is 10. The molecule has 0 saturated carbocycles. The van der Waals surface area contributed by atoms with E-state index >= 15 is 0 Å². The molecule has 2 atom stereocenters. The number of unbranched alkanes of at least 4 members (excludes halogenated alkanes) is 1. The van der Waals surface area contributed by atoms with E-state index in [0.29, 0.717) is 6.42 Å². The van der Waals surface area contributed by atoms with Crippen LogP contribution in [0.1, 0.15) is 57.9 Å². The van der Waals surface area contributed by atoms with Gasteiger partial charge in [-0.1, -0.05) is 63.4 Å². The van der Waals surface area contributed by atoms with Crippen molar-refractivity contribution >= 4 is 5.91 Å². The minimum absolute atomic E-state index is 0.000448. The number of carbonyl (C=O) groups is 1. The highest BCUT2D eigenvalue weighted by atomic mass is 16.2. The van der Waals surface area contributed by atoms with Gasteiger partial charge in [-0.2, -0.15) is 0 Å². The summed E-state index contributed by atoms with van der Waals surface area (Å²) in [6.45, 7) is 4.33. The molecule has 21 heavy (non-hydrogen) atoms. The van der Waals surface area contributed by atoms with E-state index < -0.39 is 6.04 Å². The molecule has 3 heteroatoms. The van der Waals surface area contributed by atoms with Gasteiger partial charge in [0.05, 0.1) is 6.04 Å². The molecule has 1 aromatic rings. The van der Waals surface area contributed by atoms with E-state index in [-0.39, 0.29) is 11.9 Å². The second-order valence-electron chi connectivity index (χ2n) is 5.77. The standard InChI is InChI=1S/C18H30N2O/c1-3-5-12-16(9-4-2)20-18(21)17(19)14-13-15-10-7-6-8-11-15/h6-8,10-11,16-17H,3-5,9,12-14,19H2,1-2H3,(H,20,21)/t16?,17-/m0/s1. The Morgan fingerprint density at radius 1 is 1.10 bits per heavy atom. The van der Waals surface area contributed by atoms with Gasteiger partial charge in [-0.05, 0) is 31.2 Å². The molecule has 0 aliphatic heterocycles. The molecule has 3 nitrogen and oxygen atoms in total. The maximum absolute atomic E-state index is 12.2. The maximum Gasteiger partial charge on any atom is 0.237 e. The van der Waals surface area contributed by atoms with E-state index in [1.165, 1.54) is 5.56 Å².